The summed E-state index contributed by atoms with van der Waals surface area (Å²) in [4.78, 5) is 22.5. The molecular formula is C28H23Cl2N3O2. The number of nitrogens with zero attached hydrogens (tertiary/aromatic N) is 3. The van der Waals surface area contributed by atoms with Crippen LogP contribution in [0.5, 0.6) is 5.75 Å². The van der Waals surface area contributed by atoms with Gasteiger partial charge in [-0.1, -0.05) is 53.5 Å². The van der Waals surface area contributed by atoms with Gasteiger partial charge in [0.15, 0.2) is 5.78 Å². The van der Waals surface area contributed by atoms with Gasteiger partial charge in [0.2, 0.25) is 0 Å². The van der Waals surface area contributed by atoms with Gasteiger partial charge in [-0.15, -0.1) is 0 Å². The molecule has 1 aromatic heterocycles. The van der Waals surface area contributed by atoms with Crippen molar-refractivity contribution in [2.75, 3.05) is 44.2 Å². The van der Waals surface area contributed by atoms with Crippen LogP contribution >= 0.6 is 23.2 Å². The molecule has 1 aliphatic carbocycles. The molecule has 4 aromatic rings. The van der Waals surface area contributed by atoms with Crippen LogP contribution in [0.25, 0.3) is 22.0 Å². The highest BCUT2D eigenvalue weighted by atomic mass is 35.5. The van der Waals surface area contributed by atoms with Gasteiger partial charge in [0, 0.05) is 61.0 Å². The second-order valence-electron chi connectivity index (χ2n) is 8.85. The minimum atomic E-state index is 0.0207. The molecular weight excluding hydrogens is 481 g/mol. The molecule has 0 radical (unpaired) electrons. The number of halogens is 2. The monoisotopic (exact) mass is 503 g/mol. The third-order valence-corrected chi connectivity index (χ3v) is 7.64. The van der Waals surface area contributed by atoms with E-state index in [0.29, 0.717) is 33.5 Å². The van der Waals surface area contributed by atoms with E-state index in [1.807, 2.05) is 60.7 Å². The topological polar surface area (TPSA) is 45.7 Å². The Balaban J connectivity index is 1.13. The predicted octanol–water partition coefficient (Wildman–Crippen LogP) is 5.95. The Morgan fingerprint density at radius 1 is 0.886 bits per heavy atom. The normalized spacial score (nSPS) is 15.4. The van der Waals surface area contributed by atoms with Crippen molar-refractivity contribution in [2.45, 2.75) is 0 Å². The standard InChI is InChI=1S/C28H23Cl2N3O2/c29-23-6-3-7-24(26(23)30)33-12-10-32(11-13-33)14-15-35-19-16-18-8-9-31-27-20-4-1-2-5-21(20)28(34)22(17-19)25(18)27/h1-9,16-17H,10-15H2. The summed E-state index contributed by atoms with van der Waals surface area (Å²) in [7, 11) is 0. The highest BCUT2D eigenvalue weighted by molar-refractivity contribution is 6.43. The van der Waals surface area contributed by atoms with Crippen LogP contribution in [0.1, 0.15) is 15.9 Å². The number of pyridine rings is 1. The largest absolute Gasteiger partial charge is 0.492 e. The molecule has 3 aromatic carbocycles. The SMILES string of the molecule is O=C1c2ccccc2-c2nccc3cc(OCCN4CCN(c5cccc(Cl)c5Cl)CC4)cc1c23. The van der Waals surface area contributed by atoms with Crippen molar-refractivity contribution in [1.29, 1.82) is 0 Å². The third-order valence-electron chi connectivity index (χ3n) is 6.83. The number of piperazine rings is 1. The van der Waals surface area contributed by atoms with Gasteiger partial charge in [-0.3, -0.25) is 14.7 Å². The molecule has 1 fully saturated rings. The number of carbonyl (C=O) groups is 1. The lowest BCUT2D eigenvalue weighted by molar-refractivity contribution is 0.103. The molecule has 0 amide bonds. The second kappa shape index (κ2) is 9.15. The van der Waals surface area contributed by atoms with Gasteiger partial charge >= 0.3 is 0 Å². The molecule has 0 spiro atoms. The van der Waals surface area contributed by atoms with Crippen LogP contribution in [0.4, 0.5) is 5.69 Å². The van der Waals surface area contributed by atoms with E-state index in [1.165, 1.54) is 0 Å². The van der Waals surface area contributed by atoms with Gasteiger partial charge in [0.1, 0.15) is 12.4 Å². The fraction of sp³-hybridized carbons (Fsp3) is 0.214. The van der Waals surface area contributed by atoms with Crippen molar-refractivity contribution in [3.8, 4) is 17.0 Å². The molecule has 0 unspecified atom stereocenters. The van der Waals surface area contributed by atoms with E-state index in [9.17, 15) is 4.79 Å². The Morgan fingerprint density at radius 2 is 1.69 bits per heavy atom. The van der Waals surface area contributed by atoms with Crippen molar-refractivity contribution < 1.29 is 9.53 Å². The van der Waals surface area contributed by atoms with E-state index in [1.54, 1.807) is 6.20 Å². The van der Waals surface area contributed by atoms with Crippen LogP contribution in [-0.4, -0.2) is 55.0 Å². The average Bonchev–Trinajstić information content (AvgIpc) is 2.89. The van der Waals surface area contributed by atoms with Crippen LogP contribution < -0.4 is 9.64 Å². The number of hydrogen-bond donors (Lipinski definition) is 0. The average molecular weight is 504 g/mol. The molecule has 2 heterocycles. The van der Waals surface area contributed by atoms with E-state index >= 15 is 0 Å². The number of carbonyl (C=O) groups excluding carboxylic acids is 1. The highest BCUT2D eigenvalue weighted by Gasteiger charge is 2.26. The summed E-state index contributed by atoms with van der Waals surface area (Å²) in [5.41, 5.74) is 4.08. The van der Waals surface area contributed by atoms with E-state index in [0.717, 1.165) is 60.4 Å². The number of fused-ring (bicyclic) bond motifs is 2. The minimum absolute atomic E-state index is 0.0207. The Morgan fingerprint density at radius 3 is 2.51 bits per heavy atom. The highest BCUT2D eigenvalue weighted by Crippen LogP contribution is 2.39. The molecule has 35 heavy (non-hydrogen) atoms. The second-order valence-corrected chi connectivity index (χ2v) is 9.64. The molecule has 1 saturated heterocycles. The van der Waals surface area contributed by atoms with Crippen molar-refractivity contribution in [1.82, 2.24) is 9.88 Å². The molecule has 6 rings (SSSR count). The molecule has 0 bridgehead atoms. The van der Waals surface area contributed by atoms with Gasteiger partial charge in [-0.25, -0.2) is 0 Å². The van der Waals surface area contributed by atoms with Gasteiger partial charge in [0.05, 0.1) is 21.4 Å². The summed E-state index contributed by atoms with van der Waals surface area (Å²) in [6, 6.07) is 19.2. The van der Waals surface area contributed by atoms with Crippen LogP contribution in [0, 0.1) is 0 Å². The zero-order valence-corrected chi connectivity index (χ0v) is 20.5. The van der Waals surface area contributed by atoms with E-state index in [2.05, 4.69) is 14.8 Å². The van der Waals surface area contributed by atoms with Crippen molar-refractivity contribution in [3.63, 3.8) is 0 Å². The maximum Gasteiger partial charge on any atom is 0.194 e. The number of rotatable bonds is 5. The first-order valence-electron chi connectivity index (χ1n) is 11.7. The van der Waals surface area contributed by atoms with Gasteiger partial charge in [0.25, 0.3) is 0 Å². The fourth-order valence-electron chi connectivity index (χ4n) is 5.03. The van der Waals surface area contributed by atoms with Crippen LogP contribution in [-0.2, 0) is 0 Å². The number of benzene rings is 3. The molecule has 1 aliphatic heterocycles. The third kappa shape index (κ3) is 4.04. The van der Waals surface area contributed by atoms with Gasteiger partial charge in [-0.2, -0.15) is 0 Å². The number of aromatic nitrogens is 1. The smallest absolute Gasteiger partial charge is 0.194 e. The van der Waals surface area contributed by atoms with Crippen molar-refractivity contribution >= 4 is 45.4 Å². The number of hydrogen-bond acceptors (Lipinski definition) is 5. The minimum Gasteiger partial charge on any atom is -0.492 e. The van der Waals surface area contributed by atoms with Crippen LogP contribution in [0.2, 0.25) is 10.0 Å². The summed E-state index contributed by atoms with van der Waals surface area (Å²) in [6.45, 7) is 4.95. The first-order valence-corrected chi connectivity index (χ1v) is 12.5. The predicted molar refractivity (Wildman–Crippen MR) is 141 cm³/mol. The Kier molecular flexibility index (Phi) is 5.85. The maximum atomic E-state index is 13.2. The first kappa shape index (κ1) is 22.4. The molecule has 7 heteroatoms. The summed E-state index contributed by atoms with van der Waals surface area (Å²) in [5.74, 6) is 0.731. The molecule has 2 aliphatic rings. The van der Waals surface area contributed by atoms with E-state index in [-0.39, 0.29) is 5.78 Å². The quantitative estimate of drug-likeness (QED) is 0.296. The van der Waals surface area contributed by atoms with Crippen LogP contribution in [0.3, 0.4) is 0 Å². The Labute approximate surface area is 213 Å². The summed E-state index contributed by atoms with van der Waals surface area (Å²) >= 11 is 12.6. The Bertz CT molecular complexity index is 1450. The number of anilines is 1. The zero-order valence-electron chi connectivity index (χ0n) is 19.0. The molecule has 0 N–H and O–H groups in total. The summed E-state index contributed by atoms with van der Waals surface area (Å²) < 4.78 is 6.14. The number of ketones is 1. The lowest BCUT2D eigenvalue weighted by Gasteiger charge is -2.36. The van der Waals surface area contributed by atoms with Gasteiger partial charge in [-0.05, 0) is 35.7 Å². The summed E-state index contributed by atoms with van der Waals surface area (Å²) in [5, 5.41) is 3.07. The maximum absolute atomic E-state index is 13.2. The van der Waals surface area contributed by atoms with E-state index in [4.69, 9.17) is 27.9 Å². The number of ether oxygens (including phenoxy) is 1. The summed E-state index contributed by atoms with van der Waals surface area (Å²) in [6.07, 6.45) is 1.80. The van der Waals surface area contributed by atoms with Crippen LogP contribution in [0.15, 0.2) is 66.9 Å². The molecule has 0 saturated carbocycles. The zero-order chi connectivity index (χ0) is 23.9. The Hall–Kier alpha value is -3.12. The molecule has 176 valence electrons. The fourth-order valence-corrected chi connectivity index (χ4v) is 5.45. The lowest BCUT2D eigenvalue weighted by Crippen LogP contribution is -2.47. The van der Waals surface area contributed by atoms with Gasteiger partial charge < -0.3 is 9.64 Å². The van der Waals surface area contributed by atoms with Crippen molar-refractivity contribution in [2.24, 2.45) is 0 Å². The molecule has 0 atom stereocenters. The lowest BCUT2D eigenvalue weighted by atomic mass is 9.85. The van der Waals surface area contributed by atoms with E-state index < -0.39 is 0 Å². The van der Waals surface area contributed by atoms with Crippen molar-refractivity contribution in [3.05, 3.63) is 88.0 Å². The molecule has 5 nitrogen and oxygen atoms in total. The first-order chi connectivity index (χ1) is 17.1.